The lowest BCUT2D eigenvalue weighted by atomic mass is 10.0. The average molecular weight is 435 g/mol. The van der Waals surface area contributed by atoms with Crippen molar-refractivity contribution in [1.82, 2.24) is 9.55 Å². The first-order chi connectivity index (χ1) is 15.0. The number of aryl methyl sites for hydroxylation is 1. The van der Waals surface area contributed by atoms with E-state index in [0.29, 0.717) is 30.7 Å². The molecule has 0 unspecified atom stereocenters. The zero-order valence-corrected chi connectivity index (χ0v) is 18.9. The second-order valence-corrected chi connectivity index (χ2v) is 8.39. The lowest BCUT2D eigenvalue weighted by Gasteiger charge is -2.16. The van der Waals surface area contributed by atoms with Crippen LogP contribution in [0.4, 0.5) is 0 Å². The molecule has 1 heterocycles. The summed E-state index contributed by atoms with van der Waals surface area (Å²) < 4.78 is 14.4. The minimum atomic E-state index is 0.373. The van der Waals surface area contributed by atoms with Crippen LogP contribution >= 0.6 is 11.6 Å². The monoisotopic (exact) mass is 434 g/mol. The van der Waals surface area contributed by atoms with Crippen LogP contribution in [0.3, 0.4) is 0 Å². The van der Waals surface area contributed by atoms with E-state index in [0.717, 1.165) is 28.4 Å². The molecule has 5 heteroatoms. The molecule has 4 nitrogen and oxygen atoms in total. The first kappa shape index (κ1) is 21.3. The summed E-state index contributed by atoms with van der Waals surface area (Å²) in [4.78, 5) is 4.79. The van der Waals surface area contributed by atoms with E-state index in [1.807, 2.05) is 42.5 Å². The first-order valence-corrected chi connectivity index (χ1v) is 10.9. The quantitative estimate of drug-likeness (QED) is 0.306. The molecule has 31 heavy (non-hydrogen) atoms. The van der Waals surface area contributed by atoms with Crippen molar-refractivity contribution < 1.29 is 9.47 Å². The molecule has 0 saturated carbocycles. The van der Waals surface area contributed by atoms with Crippen LogP contribution in [0, 0.1) is 6.92 Å². The van der Waals surface area contributed by atoms with E-state index in [1.165, 1.54) is 11.1 Å². The number of ether oxygens (including phenoxy) is 2. The van der Waals surface area contributed by atoms with Crippen LogP contribution in [-0.2, 0) is 13.2 Å². The second kappa shape index (κ2) is 9.44. The molecule has 0 amide bonds. The maximum atomic E-state index is 6.23. The Morgan fingerprint density at radius 1 is 0.968 bits per heavy atom. The Morgan fingerprint density at radius 3 is 2.52 bits per heavy atom. The van der Waals surface area contributed by atoms with E-state index >= 15 is 0 Å². The smallest absolute Gasteiger partial charge is 0.148 e. The highest BCUT2D eigenvalue weighted by atomic mass is 35.5. The van der Waals surface area contributed by atoms with Crippen LogP contribution in [0.1, 0.15) is 36.7 Å². The Balaban J connectivity index is 1.52. The van der Waals surface area contributed by atoms with Gasteiger partial charge in [-0.25, -0.2) is 4.98 Å². The van der Waals surface area contributed by atoms with Gasteiger partial charge in [0.2, 0.25) is 0 Å². The third kappa shape index (κ3) is 5.02. The molecule has 160 valence electrons. The Kier molecular flexibility index (Phi) is 6.47. The maximum absolute atomic E-state index is 6.23. The van der Waals surface area contributed by atoms with Gasteiger partial charge in [-0.1, -0.05) is 49.7 Å². The minimum Gasteiger partial charge on any atom is -0.491 e. The van der Waals surface area contributed by atoms with E-state index in [2.05, 4.69) is 49.6 Å². The molecule has 3 aromatic carbocycles. The minimum absolute atomic E-state index is 0.373. The number of hydrogen-bond donors (Lipinski definition) is 0. The highest BCUT2D eigenvalue weighted by Gasteiger charge is 2.13. The molecule has 0 radical (unpaired) electrons. The fourth-order valence-corrected chi connectivity index (χ4v) is 3.78. The highest BCUT2D eigenvalue weighted by molar-refractivity contribution is 6.30. The number of halogens is 1. The zero-order chi connectivity index (χ0) is 21.8. The van der Waals surface area contributed by atoms with Gasteiger partial charge in [0.15, 0.2) is 0 Å². The maximum Gasteiger partial charge on any atom is 0.148 e. The van der Waals surface area contributed by atoms with Crippen molar-refractivity contribution in [3.8, 4) is 11.5 Å². The molecule has 1 aromatic heterocycles. The van der Waals surface area contributed by atoms with Crippen LogP contribution < -0.4 is 9.47 Å². The lowest BCUT2D eigenvalue weighted by molar-refractivity contribution is 0.271. The zero-order valence-electron chi connectivity index (χ0n) is 18.1. The standard InChI is InChI=1S/C26H27ClN2O2/c1-18(2)22-13-8-19(3)16-25(22)30-15-14-29-24-7-5-4-6-23(24)28-26(29)17-31-21-11-9-20(27)10-12-21/h4-13,16,18H,14-15,17H2,1-3H3. The van der Waals surface area contributed by atoms with Gasteiger partial charge < -0.3 is 14.0 Å². The second-order valence-electron chi connectivity index (χ2n) is 7.96. The van der Waals surface area contributed by atoms with Gasteiger partial charge in [0.05, 0.1) is 17.6 Å². The number of rotatable bonds is 8. The number of nitrogens with zero attached hydrogens (tertiary/aromatic N) is 2. The summed E-state index contributed by atoms with van der Waals surface area (Å²) in [7, 11) is 0. The van der Waals surface area contributed by atoms with Gasteiger partial charge in [-0.3, -0.25) is 0 Å². The molecule has 0 bridgehead atoms. The van der Waals surface area contributed by atoms with Crippen LogP contribution in [-0.4, -0.2) is 16.2 Å². The van der Waals surface area contributed by atoms with E-state index in [9.17, 15) is 0 Å². The molecular formula is C26H27ClN2O2. The number of benzene rings is 3. The normalized spacial score (nSPS) is 11.3. The van der Waals surface area contributed by atoms with E-state index < -0.39 is 0 Å². The van der Waals surface area contributed by atoms with Gasteiger partial charge in [-0.05, 0) is 66.4 Å². The van der Waals surface area contributed by atoms with Crippen molar-refractivity contribution in [3.63, 3.8) is 0 Å². The highest BCUT2D eigenvalue weighted by Crippen LogP contribution is 2.28. The van der Waals surface area contributed by atoms with Crippen molar-refractivity contribution in [2.45, 2.75) is 39.8 Å². The van der Waals surface area contributed by atoms with Crippen molar-refractivity contribution in [2.24, 2.45) is 0 Å². The van der Waals surface area contributed by atoms with E-state index in [4.69, 9.17) is 26.1 Å². The van der Waals surface area contributed by atoms with Gasteiger partial charge >= 0.3 is 0 Å². The van der Waals surface area contributed by atoms with Gasteiger partial charge in [-0.2, -0.15) is 0 Å². The Hall–Kier alpha value is -2.98. The molecule has 0 saturated heterocycles. The fourth-order valence-electron chi connectivity index (χ4n) is 3.65. The van der Waals surface area contributed by atoms with Crippen molar-refractivity contribution in [2.75, 3.05) is 6.61 Å². The molecular weight excluding hydrogens is 408 g/mol. The Bertz CT molecular complexity index is 1170. The Morgan fingerprint density at radius 2 is 1.74 bits per heavy atom. The first-order valence-electron chi connectivity index (χ1n) is 10.6. The molecule has 4 rings (SSSR count). The molecule has 0 spiro atoms. The number of para-hydroxylation sites is 2. The molecule has 0 fully saturated rings. The summed E-state index contributed by atoms with van der Waals surface area (Å²) >= 11 is 5.97. The van der Waals surface area contributed by atoms with Gasteiger partial charge in [0.1, 0.15) is 30.5 Å². The van der Waals surface area contributed by atoms with E-state index in [-0.39, 0.29) is 0 Å². The van der Waals surface area contributed by atoms with Crippen LogP contribution in [0.2, 0.25) is 5.02 Å². The summed E-state index contributed by atoms with van der Waals surface area (Å²) in [6.45, 7) is 8.08. The molecule has 0 aliphatic heterocycles. The summed E-state index contributed by atoms with van der Waals surface area (Å²) in [6.07, 6.45) is 0. The molecule has 0 aliphatic carbocycles. The molecule has 4 aromatic rings. The average Bonchev–Trinajstić information content (AvgIpc) is 3.11. The molecule has 0 atom stereocenters. The van der Waals surface area contributed by atoms with Crippen molar-refractivity contribution in [1.29, 1.82) is 0 Å². The third-order valence-corrected chi connectivity index (χ3v) is 5.53. The third-order valence-electron chi connectivity index (χ3n) is 5.28. The Labute approximate surface area is 188 Å². The largest absolute Gasteiger partial charge is 0.491 e. The number of imidazole rings is 1. The summed E-state index contributed by atoms with van der Waals surface area (Å²) in [5.74, 6) is 3.00. The van der Waals surface area contributed by atoms with Gasteiger partial charge in [0, 0.05) is 5.02 Å². The predicted octanol–water partition coefficient (Wildman–Crippen LogP) is 6.78. The van der Waals surface area contributed by atoms with Gasteiger partial charge in [0.25, 0.3) is 0 Å². The van der Waals surface area contributed by atoms with Crippen LogP contribution in [0.25, 0.3) is 11.0 Å². The number of hydrogen-bond acceptors (Lipinski definition) is 3. The van der Waals surface area contributed by atoms with Crippen LogP contribution in [0.15, 0.2) is 66.7 Å². The SMILES string of the molecule is Cc1ccc(C(C)C)c(OCCn2c(COc3ccc(Cl)cc3)nc3ccccc32)c1. The summed E-state index contributed by atoms with van der Waals surface area (Å²) in [5, 5.41) is 0.689. The lowest BCUT2D eigenvalue weighted by Crippen LogP contribution is -2.13. The van der Waals surface area contributed by atoms with Crippen molar-refractivity contribution >= 4 is 22.6 Å². The van der Waals surface area contributed by atoms with Crippen LogP contribution in [0.5, 0.6) is 11.5 Å². The number of fused-ring (bicyclic) bond motifs is 1. The van der Waals surface area contributed by atoms with Gasteiger partial charge in [-0.15, -0.1) is 0 Å². The molecule has 0 N–H and O–H groups in total. The topological polar surface area (TPSA) is 36.3 Å². The number of aromatic nitrogens is 2. The van der Waals surface area contributed by atoms with E-state index in [1.54, 1.807) is 0 Å². The van der Waals surface area contributed by atoms with Crippen molar-refractivity contribution in [3.05, 3.63) is 88.7 Å². The predicted molar refractivity (Wildman–Crippen MR) is 126 cm³/mol. The molecule has 0 aliphatic rings. The fraction of sp³-hybridized carbons (Fsp3) is 0.269. The summed E-state index contributed by atoms with van der Waals surface area (Å²) in [6, 6.07) is 21.9. The summed E-state index contributed by atoms with van der Waals surface area (Å²) in [5.41, 5.74) is 4.46.